The van der Waals surface area contributed by atoms with Crippen LogP contribution in [0.2, 0.25) is 0 Å². The zero-order chi connectivity index (χ0) is 27.0. The number of nitrogens with zero attached hydrogens (tertiary/aromatic N) is 1. The number of halogens is 3. The highest BCUT2D eigenvalue weighted by Crippen LogP contribution is 2.31. The van der Waals surface area contributed by atoms with Crippen LogP contribution in [0.1, 0.15) is 43.7 Å². The molecule has 0 aliphatic heterocycles. The van der Waals surface area contributed by atoms with E-state index in [0.29, 0.717) is 11.5 Å². The van der Waals surface area contributed by atoms with Crippen molar-refractivity contribution in [1.29, 1.82) is 5.26 Å². The van der Waals surface area contributed by atoms with E-state index in [1.165, 1.54) is 31.4 Å². The van der Waals surface area contributed by atoms with E-state index in [9.17, 15) is 28.0 Å². The van der Waals surface area contributed by atoms with Crippen LogP contribution in [-0.2, 0) is 15.8 Å². The van der Waals surface area contributed by atoms with Crippen molar-refractivity contribution in [3.63, 3.8) is 0 Å². The highest BCUT2D eigenvalue weighted by Gasteiger charge is 2.30. The summed E-state index contributed by atoms with van der Waals surface area (Å²) < 4.78 is 49.4. The van der Waals surface area contributed by atoms with E-state index in [1.54, 1.807) is 12.1 Å². The molecule has 1 saturated carbocycles. The first kappa shape index (κ1) is 27.6. The van der Waals surface area contributed by atoms with Crippen LogP contribution in [0.25, 0.3) is 6.08 Å². The summed E-state index contributed by atoms with van der Waals surface area (Å²) >= 11 is 0. The van der Waals surface area contributed by atoms with Crippen molar-refractivity contribution in [3.05, 3.63) is 59.2 Å². The molecule has 7 nitrogen and oxygen atoms in total. The fourth-order valence-electron chi connectivity index (χ4n) is 4.10. The van der Waals surface area contributed by atoms with Gasteiger partial charge in [-0.2, -0.15) is 18.4 Å². The van der Waals surface area contributed by atoms with E-state index in [4.69, 9.17) is 9.47 Å². The van der Waals surface area contributed by atoms with Gasteiger partial charge in [0.2, 0.25) is 0 Å². The molecular weight excluding hydrogens is 487 g/mol. The van der Waals surface area contributed by atoms with Crippen LogP contribution in [-0.4, -0.2) is 31.6 Å². The van der Waals surface area contributed by atoms with Gasteiger partial charge >= 0.3 is 6.18 Å². The molecule has 0 bridgehead atoms. The summed E-state index contributed by atoms with van der Waals surface area (Å²) in [5, 5.41) is 14.8. The Kier molecular flexibility index (Phi) is 9.17. The van der Waals surface area contributed by atoms with Crippen molar-refractivity contribution in [2.24, 2.45) is 5.92 Å². The van der Waals surface area contributed by atoms with Crippen LogP contribution in [0.3, 0.4) is 0 Å². The number of methoxy groups -OCH3 is 1. The summed E-state index contributed by atoms with van der Waals surface area (Å²) in [5.74, 6) is -0.297. The van der Waals surface area contributed by atoms with Crippen molar-refractivity contribution in [3.8, 4) is 17.6 Å². The molecule has 37 heavy (non-hydrogen) atoms. The second-order valence-corrected chi connectivity index (χ2v) is 8.84. The van der Waals surface area contributed by atoms with Crippen molar-refractivity contribution >= 4 is 23.6 Å². The molecule has 0 radical (unpaired) electrons. The molecule has 10 heteroatoms. The molecule has 2 amide bonds. The quantitative estimate of drug-likeness (QED) is 0.366. The predicted octanol–water partition coefficient (Wildman–Crippen LogP) is 5.33. The van der Waals surface area contributed by atoms with Crippen molar-refractivity contribution < 1.29 is 32.2 Å². The summed E-state index contributed by atoms with van der Waals surface area (Å²) in [7, 11) is 1.39. The number of anilines is 1. The molecule has 1 aliphatic rings. The molecular formula is C27H28F3N3O4. The van der Waals surface area contributed by atoms with Crippen LogP contribution >= 0.6 is 0 Å². The van der Waals surface area contributed by atoms with Crippen molar-refractivity contribution in [2.75, 3.05) is 19.0 Å². The molecule has 1 fully saturated rings. The number of alkyl halides is 3. The second kappa shape index (κ2) is 12.3. The lowest BCUT2D eigenvalue weighted by atomic mass is 9.86. The number of nitriles is 1. The summed E-state index contributed by atoms with van der Waals surface area (Å²) in [5.41, 5.74) is -0.425. The van der Waals surface area contributed by atoms with E-state index in [-0.39, 0.29) is 28.8 Å². The number of hydrogen-bond acceptors (Lipinski definition) is 5. The first-order chi connectivity index (χ1) is 17.6. The maximum absolute atomic E-state index is 12.9. The minimum absolute atomic E-state index is 0.0131. The van der Waals surface area contributed by atoms with Gasteiger partial charge in [0.05, 0.1) is 12.7 Å². The van der Waals surface area contributed by atoms with Crippen LogP contribution in [0.4, 0.5) is 18.9 Å². The van der Waals surface area contributed by atoms with E-state index >= 15 is 0 Å². The highest BCUT2D eigenvalue weighted by atomic mass is 19.4. The van der Waals surface area contributed by atoms with E-state index in [0.717, 1.165) is 37.8 Å². The average molecular weight is 516 g/mol. The molecule has 0 saturated heterocycles. The second-order valence-electron chi connectivity index (χ2n) is 8.84. The molecule has 1 aliphatic carbocycles. The Morgan fingerprint density at radius 2 is 1.89 bits per heavy atom. The van der Waals surface area contributed by atoms with Gasteiger partial charge in [-0.1, -0.05) is 31.9 Å². The van der Waals surface area contributed by atoms with Gasteiger partial charge < -0.3 is 20.1 Å². The van der Waals surface area contributed by atoms with Crippen LogP contribution < -0.4 is 20.1 Å². The maximum Gasteiger partial charge on any atom is 0.416 e. The Morgan fingerprint density at radius 3 is 2.57 bits per heavy atom. The first-order valence-corrected chi connectivity index (χ1v) is 11.8. The van der Waals surface area contributed by atoms with Gasteiger partial charge in [0.25, 0.3) is 11.8 Å². The zero-order valence-corrected chi connectivity index (χ0v) is 20.5. The first-order valence-electron chi connectivity index (χ1n) is 11.8. The number of nitrogens with one attached hydrogen (secondary N) is 2. The van der Waals surface area contributed by atoms with Crippen LogP contribution in [0.5, 0.6) is 11.5 Å². The number of carbonyl (C=O) groups is 2. The predicted molar refractivity (Wildman–Crippen MR) is 132 cm³/mol. The smallest absolute Gasteiger partial charge is 0.416 e. The zero-order valence-electron chi connectivity index (χ0n) is 20.5. The van der Waals surface area contributed by atoms with Gasteiger partial charge in [-0.3, -0.25) is 9.59 Å². The Bertz CT molecular complexity index is 1200. The standard InChI is InChI=1S/C27H28F3N3O4/c1-17-6-3-4-9-22(17)33-26(35)19(15-31)12-18-10-11-23(24(13-18)36-2)37-16-25(34)32-21-8-5-7-20(14-21)27(28,29)30/h5,7-8,10-14,17,22H,3-4,6,9,16H2,1-2H3,(H,32,34)(H,33,35)/b19-12+/t17-,22+/m0/s1. The summed E-state index contributed by atoms with van der Waals surface area (Å²) in [6, 6.07) is 10.9. The Labute approximate surface area is 213 Å². The molecule has 2 atom stereocenters. The number of rotatable bonds is 8. The maximum atomic E-state index is 12.9. The molecule has 2 aromatic rings. The number of hydrogen-bond donors (Lipinski definition) is 2. The third kappa shape index (κ3) is 7.74. The monoisotopic (exact) mass is 515 g/mol. The van der Waals surface area contributed by atoms with Crippen LogP contribution in [0, 0.1) is 17.2 Å². The SMILES string of the molecule is COc1cc(/C=C(\C#N)C(=O)N[C@@H]2CCCC[C@@H]2C)ccc1OCC(=O)Nc1cccc(C(F)(F)F)c1. The number of amides is 2. The average Bonchev–Trinajstić information content (AvgIpc) is 2.87. The summed E-state index contributed by atoms with van der Waals surface area (Å²) in [4.78, 5) is 24.9. The van der Waals surface area contributed by atoms with E-state index in [2.05, 4.69) is 17.6 Å². The Morgan fingerprint density at radius 1 is 1.14 bits per heavy atom. The van der Waals surface area contributed by atoms with E-state index < -0.39 is 30.2 Å². The third-order valence-corrected chi connectivity index (χ3v) is 6.12. The van der Waals surface area contributed by atoms with Gasteiger partial charge in [-0.05, 0) is 60.7 Å². The molecule has 0 unspecified atom stereocenters. The lowest BCUT2D eigenvalue weighted by molar-refractivity contribution is -0.137. The molecule has 3 rings (SSSR count). The van der Waals surface area contributed by atoms with Gasteiger partial charge in [0.15, 0.2) is 18.1 Å². The molecule has 0 heterocycles. The van der Waals surface area contributed by atoms with Crippen LogP contribution in [0.15, 0.2) is 48.0 Å². The molecule has 0 aromatic heterocycles. The molecule has 2 N–H and O–H groups in total. The normalized spacial score (nSPS) is 17.9. The fraction of sp³-hybridized carbons (Fsp3) is 0.370. The number of carbonyl (C=O) groups excluding carboxylic acids is 2. The summed E-state index contributed by atoms with van der Waals surface area (Å²) in [6.07, 6.45) is 1.00. The summed E-state index contributed by atoms with van der Waals surface area (Å²) in [6.45, 7) is 1.61. The Balaban J connectivity index is 1.64. The lowest BCUT2D eigenvalue weighted by Gasteiger charge is -2.29. The van der Waals surface area contributed by atoms with Gasteiger partial charge in [0, 0.05) is 11.7 Å². The molecule has 196 valence electrons. The lowest BCUT2D eigenvalue weighted by Crippen LogP contribution is -2.41. The van der Waals surface area contributed by atoms with Crippen molar-refractivity contribution in [1.82, 2.24) is 5.32 Å². The number of ether oxygens (including phenoxy) is 2. The molecule has 2 aromatic carbocycles. The fourth-order valence-corrected chi connectivity index (χ4v) is 4.10. The topological polar surface area (TPSA) is 100 Å². The largest absolute Gasteiger partial charge is 0.493 e. The number of benzene rings is 2. The van der Waals surface area contributed by atoms with E-state index in [1.807, 2.05) is 6.07 Å². The van der Waals surface area contributed by atoms with Gasteiger partial charge in [0.1, 0.15) is 11.6 Å². The molecule has 0 spiro atoms. The Hall–Kier alpha value is -4.00. The van der Waals surface area contributed by atoms with Gasteiger partial charge in [-0.15, -0.1) is 0 Å². The highest BCUT2D eigenvalue weighted by molar-refractivity contribution is 6.02. The van der Waals surface area contributed by atoms with Crippen molar-refractivity contribution in [2.45, 2.75) is 44.8 Å². The minimum atomic E-state index is -4.53. The third-order valence-electron chi connectivity index (χ3n) is 6.12. The van der Waals surface area contributed by atoms with Gasteiger partial charge in [-0.25, -0.2) is 0 Å². The minimum Gasteiger partial charge on any atom is -0.493 e.